The summed E-state index contributed by atoms with van der Waals surface area (Å²) in [5, 5.41) is 8.43. The molecular formula is C19H26N4O3S. The molecule has 146 valence electrons. The molecule has 1 saturated heterocycles. The van der Waals surface area contributed by atoms with Gasteiger partial charge in [-0.2, -0.15) is 4.98 Å². The maximum atomic E-state index is 11.8. The molecule has 4 rings (SSSR count). The molecule has 27 heavy (non-hydrogen) atoms. The molecule has 1 unspecified atom stereocenters. The van der Waals surface area contributed by atoms with Gasteiger partial charge < -0.3 is 14.6 Å². The third kappa shape index (κ3) is 3.78. The maximum Gasteiger partial charge on any atom is 0.270 e. The molecule has 0 aromatic carbocycles. The lowest BCUT2D eigenvalue weighted by Gasteiger charge is -2.34. The normalized spacial score (nSPS) is 22.5. The van der Waals surface area contributed by atoms with Crippen LogP contribution in [0, 0.1) is 6.92 Å². The standard InChI is InChI=1S/C19H26N4O3S/c1-12-15(27-17(20-12)14-7-6-10-25-11-14)16-21-18(23-26-16)19(22-13(2)24)8-4-3-5-9-19/h14H,3-11H2,1-2H3,(H,22,24). The first-order valence-corrected chi connectivity index (χ1v) is 10.6. The summed E-state index contributed by atoms with van der Waals surface area (Å²) in [7, 11) is 0. The van der Waals surface area contributed by atoms with Crippen LogP contribution < -0.4 is 5.32 Å². The molecule has 3 heterocycles. The fourth-order valence-corrected chi connectivity index (χ4v) is 5.24. The zero-order valence-electron chi connectivity index (χ0n) is 15.9. The zero-order chi connectivity index (χ0) is 18.9. The Kier molecular flexibility index (Phi) is 5.27. The van der Waals surface area contributed by atoms with E-state index in [0.717, 1.165) is 67.3 Å². The minimum atomic E-state index is -0.509. The molecule has 2 aromatic heterocycles. The molecular weight excluding hydrogens is 364 g/mol. The molecule has 7 nitrogen and oxygen atoms in total. The molecule has 2 aliphatic rings. The fraction of sp³-hybridized carbons (Fsp3) is 0.684. The Morgan fingerprint density at radius 3 is 2.74 bits per heavy atom. The van der Waals surface area contributed by atoms with E-state index in [1.807, 2.05) is 6.92 Å². The van der Waals surface area contributed by atoms with Crippen molar-refractivity contribution < 1.29 is 14.1 Å². The summed E-state index contributed by atoms with van der Waals surface area (Å²) in [6.45, 7) is 5.09. The summed E-state index contributed by atoms with van der Waals surface area (Å²) in [6, 6.07) is 0. The number of nitrogens with zero attached hydrogens (tertiary/aromatic N) is 3. The number of hydrogen-bond donors (Lipinski definition) is 1. The number of ether oxygens (including phenoxy) is 1. The molecule has 2 fully saturated rings. The van der Waals surface area contributed by atoms with E-state index < -0.39 is 5.54 Å². The largest absolute Gasteiger partial charge is 0.381 e. The van der Waals surface area contributed by atoms with E-state index in [4.69, 9.17) is 19.2 Å². The van der Waals surface area contributed by atoms with Crippen molar-refractivity contribution in [3.05, 3.63) is 16.5 Å². The number of rotatable bonds is 4. The summed E-state index contributed by atoms with van der Waals surface area (Å²) in [4.78, 5) is 22.1. The number of amides is 1. The maximum absolute atomic E-state index is 11.8. The quantitative estimate of drug-likeness (QED) is 0.856. The lowest BCUT2D eigenvalue weighted by Crippen LogP contribution is -2.47. The van der Waals surface area contributed by atoms with Crippen molar-refractivity contribution in [3.8, 4) is 10.8 Å². The number of nitrogens with one attached hydrogen (secondary N) is 1. The van der Waals surface area contributed by atoms with E-state index >= 15 is 0 Å². The van der Waals surface area contributed by atoms with Crippen LogP contribution in [0.25, 0.3) is 10.8 Å². The van der Waals surface area contributed by atoms with Crippen molar-refractivity contribution in [3.63, 3.8) is 0 Å². The molecule has 1 N–H and O–H groups in total. The Bertz CT molecular complexity index is 804. The Hall–Kier alpha value is -1.80. The van der Waals surface area contributed by atoms with Gasteiger partial charge in [-0.05, 0) is 32.6 Å². The number of aryl methyl sites for hydroxylation is 1. The van der Waals surface area contributed by atoms with Gasteiger partial charge in [0.05, 0.1) is 17.3 Å². The number of thiazole rings is 1. The van der Waals surface area contributed by atoms with E-state index in [1.54, 1.807) is 18.3 Å². The van der Waals surface area contributed by atoms with E-state index in [2.05, 4.69) is 10.5 Å². The van der Waals surface area contributed by atoms with Crippen molar-refractivity contribution in [2.45, 2.75) is 70.3 Å². The molecule has 1 aliphatic carbocycles. The lowest BCUT2D eigenvalue weighted by molar-refractivity contribution is -0.121. The first-order valence-electron chi connectivity index (χ1n) is 9.76. The van der Waals surface area contributed by atoms with E-state index in [1.165, 1.54) is 6.42 Å². The zero-order valence-corrected chi connectivity index (χ0v) is 16.7. The molecule has 8 heteroatoms. The molecule has 0 radical (unpaired) electrons. The van der Waals surface area contributed by atoms with E-state index in [0.29, 0.717) is 17.6 Å². The summed E-state index contributed by atoms with van der Waals surface area (Å²) in [5.74, 6) is 1.38. The van der Waals surface area contributed by atoms with E-state index in [-0.39, 0.29) is 5.91 Å². The second-order valence-corrected chi connectivity index (χ2v) is 8.66. The van der Waals surface area contributed by atoms with Crippen LogP contribution in [0.3, 0.4) is 0 Å². The van der Waals surface area contributed by atoms with Crippen LogP contribution in [-0.2, 0) is 15.1 Å². The lowest BCUT2D eigenvalue weighted by atomic mass is 9.81. The fourth-order valence-electron chi connectivity index (χ4n) is 4.13. The van der Waals surface area contributed by atoms with Gasteiger partial charge >= 0.3 is 0 Å². The van der Waals surface area contributed by atoms with E-state index in [9.17, 15) is 4.79 Å². The minimum Gasteiger partial charge on any atom is -0.381 e. The van der Waals surface area contributed by atoms with Crippen molar-refractivity contribution >= 4 is 17.2 Å². The highest BCUT2D eigenvalue weighted by atomic mass is 32.1. The Balaban J connectivity index is 1.62. The number of aromatic nitrogens is 3. The molecule has 1 aliphatic heterocycles. The molecule has 2 aromatic rings. The molecule has 1 saturated carbocycles. The Labute approximate surface area is 162 Å². The highest BCUT2D eigenvalue weighted by Gasteiger charge is 2.39. The molecule has 1 amide bonds. The topological polar surface area (TPSA) is 90.1 Å². The minimum absolute atomic E-state index is 0.0585. The Morgan fingerprint density at radius 2 is 2.04 bits per heavy atom. The van der Waals surface area contributed by atoms with Gasteiger partial charge in [0.1, 0.15) is 10.4 Å². The summed E-state index contributed by atoms with van der Waals surface area (Å²) in [5.41, 5.74) is 0.401. The van der Waals surface area contributed by atoms with Gasteiger partial charge in [-0.1, -0.05) is 24.4 Å². The summed E-state index contributed by atoms with van der Waals surface area (Å²) >= 11 is 1.62. The SMILES string of the molecule is CC(=O)NC1(c2noc(-c3sc(C4CCCOC4)nc3C)n2)CCCCC1. The molecule has 0 bridgehead atoms. The van der Waals surface area contributed by atoms with Crippen LogP contribution in [0.2, 0.25) is 0 Å². The second kappa shape index (κ2) is 7.67. The van der Waals surface area contributed by atoms with Gasteiger partial charge in [-0.25, -0.2) is 4.98 Å². The van der Waals surface area contributed by atoms with Crippen molar-refractivity contribution in [1.82, 2.24) is 20.4 Å². The number of hydrogen-bond acceptors (Lipinski definition) is 7. The predicted octanol–water partition coefficient (Wildman–Crippen LogP) is 3.69. The van der Waals surface area contributed by atoms with Crippen LogP contribution in [0.1, 0.15) is 74.3 Å². The van der Waals surface area contributed by atoms with Crippen LogP contribution >= 0.6 is 11.3 Å². The average molecular weight is 391 g/mol. The monoisotopic (exact) mass is 390 g/mol. The first-order chi connectivity index (χ1) is 13.1. The van der Waals surface area contributed by atoms with Crippen molar-refractivity contribution in [2.75, 3.05) is 13.2 Å². The summed E-state index contributed by atoms with van der Waals surface area (Å²) in [6.07, 6.45) is 7.14. The number of carbonyl (C=O) groups is 1. The average Bonchev–Trinajstić information content (AvgIpc) is 3.30. The predicted molar refractivity (Wildman–Crippen MR) is 102 cm³/mol. The third-order valence-corrected chi connectivity index (χ3v) is 6.80. The Morgan fingerprint density at radius 1 is 1.22 bits per heavy atom. The first kappa shape index (κ1) is 18.6. The second-order valence-electron chi connectivity index (χ2n) is 7.63. The number of carbonyl (C=O) groups excluding carboxylic acids is 1. The highest BCUT2D eigenvalue weighted by molar-refractivity contribution is 7.15. The van der Waals surface area contributed by atoms with Gasteiger partial charge in [-0.15, -0.1) is 11.3 Å². The van der Waals surface area contributed by atoms with Crippen LogP contribution in [-0.4, -0.2) is 34.2 Å². The van der Waals surface area contributed by atoms with Gasteiger partial charge in [0.15, 0.2) is 5.82 Å². The van der Waals surface area contributed by atoms with Gasteiger partial charge in [-0.3, -0.25) is 4.79 Å². The van der Waals surface area contributed by atoms with Gasteiger partial charge in [0.25, 0.3) is 5.89 Å². The van der Waals surface area contributed by atoms with Crippen LogP contribution in [0.5, 0.6) is 0 Å². The van der Waals surface area contributed by atoms with Gasteiger partial charge in [0.2, 0.25) is 5.91 Å². The third-order valence-electron chi connectivity index (χ3n) is 5.49. The smallest absolute Gasteiger partial charge is 0.270 e. The van der Waals surface area contributed by atoms with Crippen molar-refractivity contribution in [2.24, 2.45) is 0 Å². The van der Waals surface area contributed by atoms with Crippen molar-refractivity contribution in [1.29, 1.82) is 0 Å². The highest BCUT2D eigenvalue weighted by Crippen LogP contribution is 2.39. The van der Waals surface area contributed by atoms with Crippen LogP contribution in [0.4, 0.5) is 0 Å². The molecule has 0 spiro atoms. The summed E-state index contributed by atoms with van der Waals surface area (Å²) < 4.78 is 11.2. The van der Waals surface area contributed by atoms with Gasteiger partial charge in [0, 0.05) is 19.4 Å². The molecule has 1 atom stereocenters. The van der Waals surface area contributed by atoms with Crippen LogP contribution in [0.15, 0.2) is 4.52 Å².